The number of aromatic amines is 2. The first-order valence-electron chi connectivity index (χ1n) is 7.75. The number of H-pyrrole nitrogens is 2. The molecule has 0 spiro atoms. The molecule has 1 fully saturated rings. The van der Waals surface area contributed by atoms with Gasteiger partial charge >= 0.3 is 5.69 Å². The molecule has 1 aromatic heterocycles. The van der Waals surface area contributed by atoms with Gasteiger partial charge in [0.15, 0.2) is 0 Å². The molecule has 2 aromatic rings. The summed E-state index contributed by atoms with van der Waals surface area (Å²) >= 11 is 2.09. The number of fused-ring (bicyclic) bond motifs is 1. The molecule has 3 rings (SSSR count). The van der Waals surface area contributed by atoms with E-state index in [1.54, 1.807) is 0 Å². The van der Waals surface area contributed by atoms with Crippen molar-refractivity contribution in [3.63, 3.8) is 0 Å². The molecule has 114 valence electrons. The van der Waals surface area contributed by atoms with Gasteiger partial charge in [-0.3, -0.25) is 0 Å². The fourth-order valence-corrected chi connectivity index (χ4v) is 4.39. The van der Waals surface area contributed by atoms with Crippen molar-refractivity contribution in [2.75, 3.05) is 5.75 Å². The SMILES string of the molecule is CCSC1CCC(NC(C)c2ccc3[nH]c(=O)[nH]c3c2)C1. The summed E-state index contributed by atoms with van der Waals surface area (Å²) in [5.41, 5.74) is 2.84. The average molecular weight is 305 g/mol. The van der Waals surface area contributed by atoms with E-state index in [1.165, 1.54) is 30.6 Å². The number of aromatic nitrogens is 2. The first-order chi connectivity index (χ1) is 10.2. The third kappa shape index (κ3) is 3.35. The van der Waals surface area contributed by atoms with Gasteiger partial charge in [-0.15, -0.1) is 0 Å². The molecule has 1 aliphatic rings. The molecule has 1 saturated carbocycles. The molecule has 3 N–H and O–H groups in total. The first kappa shape index (κ1) is 14.7. The lowest BCUT2D eigenvalue weighted by atomic mass is 10.1. The Hall–Kier alpha value is -1.20. The molecule has 0 aliphatic heterocycles. The zero-order chi connectivity index (χ0) is 14.8. The largest absolute Gasteiger partial charge is 0.323 e. The van der Waals surface area contributed by atoms with Gasteiger partial charge in [0.1, 0.15) is 0 Å². The van der Waals surface area contributed by atoms with Crippen LogP contribution in [0.3, 0.4) is 0 Å². The Morgan fingerprint density at radius 3 is 2.95 bits per heavy atom. The minimum Gasteiger partial charge on any atom is -0.307 e. The van der Waals surface area contributed by atoms with Crippen molar-refractivity contribution < 1.29 is 0 Å². The molecule has 4 nitrogen and oxygen atoms in total. The van der Waals surface area contributed by atoms with Crippen LogP contribution in [0.1, 0.15) is 44.7 Å². The summed E-state index contributed by atoms with van der Waals surface area (Å²) < 4.78 is 0. The molecular weight excluding hydrogens is 282 g/mol. The van der Waals surface area contributed by atoms with Crippen LogP contribution in [0.15, 0.2) is 23.0 Å². The molecule has 1 aromatic carbocycles. The second-order valence-electron chi connectivity index (χ2n) is 5.86. The Kier molecular flexibility index (Phi) is 4.40. The van der Waals surface area contributed by atoms with Crippen molar-refractivity contribution in [3.05, 3.63) is 34.2 Å². The number of hydrogen-bond donors (Lipinski definition) is 3. The molecule has 0 bridgehead atoms. The number of nitrogens with one attached hydrogen (secondary N) is 3. The van der Waals surface area contributed by atoms with Crippen molar-refractivity contribution in [2.45, 2.75) is 50.4 Å². The maximum atomic E-state index is 11.3. The highest BCUT2D eigenvalue weighted by Crippen LogP contribution is 2.31. The lowest BCUT2D eigenvalue weighted by molar-refractivity contribution is 0.462. The molecule has 21 heavy (non-hydrogen) atoms. The van der Waals surface area contributed by atoms with Gasteiger partial charge in [0, 0.05) is 17.3 Å². The van der Waals surface area contributed by atoms with Gasteiger partial charge in [0.25, 0.3) is 0 Å². The zero-order valence-corrected chi connectivity index (χ0v) is 13.4. The Morgan fingerprint density at radius 1 is 1.33 bits per heavy atom. The van der Waals surface area contributed by atoms with E-state index in [4.69, 9.17) is 0 Å². The van der Waals surface area contributed by atoms with Crippen LogP contribution in [-0.4, -0.2) is 27.0 Å². The molecule has 0 saturated heterocycles. The second kappa shape index (κ2) is 6.28. The molecule has 0 amide bonds. The summed E-state index contributed by atoms with van der Waals surface area (Å²) in [7, 11) is 0. The fraction of sp³-hybridized carbons (Fsp3) is 0.562. The molecule has 1 heterocycles. The van der Waals surface area contributed by atoms with Crippen LogP contribution >= 0.6 is 11.8 Å². The van der Waals surface area contributed by atoms with E-state index < -0.39 is 0 Å². The average Bonchev–Trinajstić information content (AvgIpc) is 3.03. The maximum absolute atomic E-state index is 11.3. The zero-order valence-electron chi connectivity index (χ0n) is 12.6. The van der Waals surface area contributed by atoms with E-state index in [2.05, 4.69) is 53.0 Å². The quantitative estimate of drug-likeness (QED) is 0.795. The molecular formula is C16H23N3OS. The first-order valence-corrected chi connectivity index (χ1v) is 8.80. The number of hydrogen-bond acceptors (Lipinski definition) is 3. The van der Waals surface area contributed by atoms with Crippen LogP contribution < -0.4 is 11.0 Å². The lowest BCUT2D eigenvalue weighted by Crippen LogP contribution is -2.29. The Morgan fingerprint density at radius 2 is 2.14 bits per heavy atom. The molecule has 1 aliphatic carbocycles. The van der Waals surface area contributed by atoms with Gasteiger partial charge in [-0.2, -0.15) is 11.8 Å². The van der Waals surface area contributed by atoms with Crippen molar-refractivity contribution in [3.8, 4) is 0 Å². The van der Waals surface area contributed by atoms with Crippen molar-refractivity contribution >= 4 is 22.8 Å². The van der Waals surface area contributed by atoms with Crippen molar-refractivity contribution in [2.24, 2.45) is 0 Å². The normalized spacial score (nSPS) is 23.7. The number of thioether (sulfide) groups is 1. The number of benzene rings is 1. The topological polar surface area (TPSA) is 60.7 Å². The summed E-state index contributed by atoms with van der Waals surface area (Å²) in [6, 6.07) is 7.06. The van der Waals surface area contributed by atoms with Crippen LogP contribution in [0, 0.1) is 0 Å². The Bertz CT molecular complexity index is 663. The third-order valence-corrected chi connectivity index (χ3v) is 5.55. The predicted octanol–water partition coefficient (Wildman–Crippen LogP) is 3.18. The van der Waals surface area contributed by atoms with E-state index in [-0.39, 0.29) is 5.69 Å². The summed E-state index contributed by atoms with van der Waals surface area (Å²) in [6.45, 7) is 4.44. The highest BCUT2D eigenvalue weighted by atomic mass is 32.2. The van der Waals surface area contributed by atoms with Crippen molar-refractivity contribution in [1.29, 1.82) is 0 Å². The summed E-state index contributed by atoms with van der Waals surface area (Å²) in [4.78, 5) is 16.9. The van der Waals surface area contributed by atoms with E-state index in [0.717, 1.165) is 16.3 Å². The van der Waals surface area contributed by atoms with Gasteiger partial charge < -0.3 is 15.3 Å². The molecule has 5 heteroatoms. The third-order valence-electron chi connectivity index (χ3n) is 4.31. The van der Waals surface area contributed by atoms with E-state index in [9.17, 15) is 4.79 Å². The van der Waals surface area contributed by atoms with E-state index in [1.807, 2.05) is 6.07 Å². The molecule has 0 radical (unpaired) electrons. The highest BCUT2D eigenvalue weighted by molar-refractivity contribution is 7.99. The van der Waals surface area contributed by atoms with Crippen LogP contribution in [0.5, 0.6) is 0 Å². The van der Waals surface area contributed by atoms with Crippen LogP contribution in [0.4, 0.5) is 0 Å². The summed E-state index contributed by atoms with van der Waals surface area (Å²) in [5, 5.41) is 4.56. The predicted molar refractivity (Wildman–Crippen MR) is 90.0 cm³/mol. The Labute approximate surface area is 129 Å². The van der Waals surface area contributed by atoms with Gasteiger partial charge in [-0.1, -0.05) is 13.0 Å². The highest BCUT2D eigenvalue weighted by Gasteiger charge is 2.25. The van der Waals surface area contributed by atoms with Crippen LogP contribution in [0.25, 0.3) is 11.0 Å². The number of imidazole rings is 1. The standard InChI is InChI=1S/C16H23N3OS/c1-3-21-13-6-5-12(9-13)17-10(2)11-4-7-14-15(8-11)19-16(20)18-14/h4,7-8,10,12-13,17H,3,5-6,9H2,1-2H3,(H2,18,19,20). The van der Waals surface area contributed by atoms with Crippen LogP contribution in [0.2, 0.25) is 0 Å². The molecule has 3 atom stereocenters. The minimum absolute atomic E-state index is 0.141. The number of rotatable bonds is 5. The maximum Gasteiger partial charge on any atom is 0.323 e. The van der Waals surface area contributed by atoms with E-state index >= 15 is 0 Å². The Balaban J connectivity index is 1.66. The minimum atomic E-state index is -0.141. The summed E-state index contributed by atoms with van der Waals surface area (Å²) in [5.74, 6) is 1.21. The van der Waals surface area contributed by atoms with E-state index in [0.29, 0.717) is 12.1 Å². The fourth-order valence-electron chi connectivity index (χ4n) is 3.25. The summed E-state index contributed by atoms with van der Waals surface area (Å²) in [6.07, 6.45) is 3.87. The van der Waals surface area contributed by atoms with Crippen molar-refractivity contribution in [1.82, 2.24) is 15.3 Å². The molecule has 3 unspecified atom stereocenters. The van der Waals surface area contributed by atoms with Gasteiger partial charge in [-0.25, -0.2) is 4.79 Å². The van der Waals surface area contributed by atoms with Gasteiger partial charge in [0.05, 0.1) is 11.0 Å². The van der Waals surface area contributed by atoms with Crippen LogP contribution in [-0.2, 0) is 0 Å². The smallest absolute Gasteiger partial charge is 0.307 e. The van der Waals surface area contributed by atoms with Gasteiger partial charge in [-0.05, 0) is 49.6 Å². The monoisotopic (exact) mass is 305 g/mol. The second-order valence-corrected chi connectivity index (χ2v) is 7.44. The lowest BCUT2D eigenvalue weighted by Gasteiger charge is -2.20. The van der Waals surface area contributed by atoms with Gasteiger partial charge in [0.2, 0.25) is 0 Å².